The fraction of sp³-hybridized carbons (Fsp3) is 0.353. The van der Waals surface area contributed by atoms with E-state index in [2.05, 4.69) is 31.5 Å². The Bertz CT molecular complexity index is 785. The molecule has 1 aliphatic heterocycles. The van der Waals surface area contributed by atoms with Gasteiger partial charge < -0.3 is 10.2 Å². The van der Waals surface area contributed by atoms with Crippen molar-refractivity contribution in [3.63, 3.8) is 0 Å². The molecular formula is C17H19BrN4O2. The lowest BCUT2D eigenvalue weighted by Gasteiger charge is -2.09. The molecule has 2 heterocycles. The van der Waals surface area contributed by atoms with E-state index in [1.54, 1.807) is 0 Å². The van der Waals surface area contributed by atoms with Crippen molar-refractivity contribution in [1.82, 2.24) is 15.1 Å². The molecule has 2 aromatic rings. The summed E-state index contributed by atoms with van der Waals surface area (Å²) in [5.41, 5.74) is 3.68. The van der Waals surface area contributed by atoms with Crippen LogP contribution in [0.1, 0.15) is 30.2 Å². The molecule has 126 valence electrons. The Kier molecular flexibility index (Phi) is 4.99. The number of hydrogen-bond donors (Lipinski definition) is 1. The van der Waals surface area contributed by atoms with Gasteiger partial charge in [0, 0.05) is 41.3 Å². The average Bonchev–Trinajstić information content (AvgIpc) is 3.19. The molecule has 0 fully saturated rings. The first-order chi connectivity index (χ1) is 11.6. The number of oxime groups is 1. The lowest BCUT2D eigenvalue weighted by atomic mass is 10.0. The molecule has 1 aliphatic rings. The minimum absolute atomic E-state index is 0.160. The van der Waals surface area contributed by atoms with Gasteiger partial charge in [-0.15, -0.1) is 0 Å². The molecule has 1 amide bonds. The number of rotatable bonds is 5. The Hall–Kier alpha value is -2.15. The van der Waals surface area contributed by atoms with E-state index in [0.717, 1.165) is 33.5 Å². The second-order valence-electron chi connectivity index (χ2n) is 5.66. The van der Waals surface area contributed by atoms with Crippen molar-refractivity contribution < 1.29 is 9.63 Å². The van der Waals surface area contributed by atoms with Crippen molar-refractivity contribution in [3.05, 3.63) is 51.8 Å². The van der Waals surface area contributed by atoms with Crippen molar-refractivity contribution in [2.75, 3.05) is 0 Å². The smallest absolute Gasteiger partial charge is 0.264 e. The predicted molar refractivity (Wildman–Crippen MR) is 94.7 cm³/mol. The molecule has 7 heteroatoms. The summed E-state index contributed by atoms with van der Waals surface area (Å²) in [5.74, 6) is -0.160. The summed E-state index contributed by atoms with van der Waals surface area (Å²) in [6, 6.07) is 7.80. The Balaban J connectivity index is 1.56. The highest BCUT2D eigenvalue weighted by Crippen LogP contribution is 2.20. The highest BCUT2D eigenvalue weighted by Gasteiger charge is 2.28. The van der Waals surface area contributed by atoms with Crippen molar-refractivity contribution in [2.45, 2.75) is 39.5 Å². The van der Waals surface area contributed by atoms with Gasteiger partial charge in [-0.3, -0.25) is 9.48 Å². The van der Waals surface area contributed by atoms with Gasteiger partial charge in [-0.2, -0.15) is 5.10 Å². The van der Waals surface area contributed by atoms with Crippen molar-refractivity contribution in [1.29, 1.82) is 0 Å². The number of hydrogen-bond acceptors (Lipinski definition) is 4. The third-order valence-corrected chi connectivity index (χ3v) is 4.44. The second-order valence-corrected chi connectivity index (χ2v) is 6.58. The van der Waals surface area contributed by atoms with Gasteiger partial charge in [0.2, 0.25) is 6.10 Å². The highest BCUT2D eigenvalue weighted by molar-refractivity contribution is 9.10. The Morgan fingerprint density at radius 2 is 2.33 bits per heavy atom. The van der Waals surface area contributed by atoms with Gasteiger partial charge in [0.15, 0.2) is 0 Å². The molecule has 0 saturated carbocycles. The Morgan fingerprint density at radius 1 is 1.50 bits per heavy atom. The van der Waals surface area contributed by atoms with Crippen LogP contribution in [0.4, 0.5) is 0 Å². The fourth-order valence-electron chi connectivity index (χ4n) is 2.55. The zero-order valence-corrected chi connectivity index (χ0v) is 15.2. The third kappa shape index (κ3) is 3.67. The maximum absolute atomic E-state index is 12.3. The molecule has 3 rings (SSSR count). The summed E-state index contributed by atoms with van der Waals surface area (Å²) in [6.45, 7) is 5.22. The molecule has 1 atom stereocenters. The van der Waals surface area contributed by atoms with Gasteiger partial charge in [-0.05, 0) is 26.0 Å². The number of amides is 1. The number of nitrogens with one attached hydrogen (secondary N) is 1. The number of halogens is 1. The molecule has 0 saturated heterocycles. The number of aryl methyl sites for hydroxylation is 2. The standard InChI is InChI=1S/C17H19BrN4O2/c1-3-22-10-13(11(2)20-22)9-19-17(23)16-8-15(21-24-16)12-5-4-6-14(18)7-12/h4-7,10,16H,3,8-9H2,1-2H3,(H,19,23)/t16-/m0/s1. The van der Waals surface area contributed by atoms with E-state index in [9.17, 15) is 4.79 Å². The minimum Gasteiger partial charge on any atom is -0.382 e. The van der Waals surface area contributed by atoms with Crippen molar-refractivity contribution in [2.24, 2.45) is 5.16 Å². The summed E-state index contributed by atoms with van der Waals surface area (Å²) >= 11 is 3.44. The number of nitrogens with zero attached hydrogens (tertiary/aromatic N) is 3. The molecule has 1 aromatic carbocycles. The fourth-order valence-corrected chi connectivity index (χ4v) is 2.95. The Morgan fingerprint density at radius 3 is 3.04 bits per heavy atom. The molecule has 1 aromatic heterocycles. The van der Waals surface area contributed by atoms with E-state index in [1.165, 1.54) is 0 Å². The van der Waals surface area contributed by atoms with Crippen LogP contribution in [0.5, 0.6) is 0 Å². The number of aromatic nitrogens is 2. The molecule has 6 nitrogen and oxygen atoms in total. The lowest BCUT2D eigenvalue weighted by Crippen LogP contribution is -2.34. The molecule has 0 spiro atoms. The molecule has 0 radical (unpaired) electrons. The van der Waals surface area contributed by atoms with Crippen LogP contribution in [0.15, 0.2) is 40.1 Å². The summed E-state index contributed by atoms with van der Waals surface area (Å²) < 4.78 is 2.83. The van der Waals surface area contributed by atoms with Crippen LogP contribution in [0.2, 0.25) is 0 Å². The maximum Gasteiger partial charge on any atom is 0.264 e. The van der Waals surface area contributed by atoms with E-state index < -0.39 is 6.10 Å². The summed E-state index contributed by atoms with van der Waals surface area (Å²) in [5, 5.41) is 11.3. The topological polar surface area (TPSA) is 68.5 Å². The van der Waals surface area contributed by atoms with E-state index >= 15 is 0 Å². The largest absolute Gasteiger partial charge is 0.382 e. The van der Waals surface area contributed by atoms with Crippen LogP contribution in [-0.2, 0) is 22.7 Å². The normalized spacial score (nSPS) is 16.6. The van der Waals surface area contributed by atoms with Gasteiger partial charge in [0.25, 0.3) is 5.91 Å². The van der Waals surface area contributed by atoms with Crippen LogP contribution in [0.3, 0.4) is 0 Å². The van der Waals surface area contributed by atoms with Gasteiger partial charge in [0.1, 0.15) is 0 Å². The molecule has 1 N–H and O–H groups in total. The highest BCUT2D eigenvalue weighted by atomic mass is 79.9. The molecule has 24 heavy (non-hydrogen) atoms. The molecule has 0 aliphatic carbocycles. The van der Waals surface area contributed by atoms with Gasteiger partial charge >= 0.3 is 0 Å². The number of carbonyl (C=O) groups excluding carboxylic acids is 1. The quantitative estimate of drug-likeness (QED) is 0.853. The zero-order valence-electron chi connectivity index (χ0n) is 13.6. The van der Waals surface area contributed by atoms with Crippen LogP contribution in [0, 0.1) is 6.92 Å². The molecule has 0 unspecified atom stereocenters. The monoisotopic (exact) mass is 390 g/mol. The van der Waals surface area contributed by atoms with Crippen LogP contribution in [-0.4, -0.2) is 27.5 Å². The van der Waals surface area contributed by atoms with Crippen LogP contribution >= 0.6 is 15.9 Å². The van der Waals surface area contributed by atoms with E-state index in [4.69, 9.17) is 4.84 Å². The van der Waals surface area contributed by atoms with Gasteiger partial charge in [-0.25, -0.2) is 0 Å². The number of carbonyl (C=O) groups is 1. The van der Waals surface area contributed by atoms with Crippen LogP contribution in [0.25, 0.3) is 0 Å². The van der Waals surface area contributed by atoms with E-state index in [1.807, 2.05) is 49.0 Å². The average molecular weight is 391 g/mol. The van der Waals surface area contributed by atoms with E-state index in [0.29, 0.717) is 13.0 Å². The summed E-state index contributed by atoms with van der Waals surface area (Å²) in [4.78, 5) is 17.6. The first-order valence-corrected chi connectivity index (χ1v) is 8.65. The van der Waals surface area contributed by atoms with Crippen LogP contribution < -0.4 is 5.32 Å². The summed E-state index contributed by atoms with van der Waals surface area (Å²) in [7, 11) is 0. The SMILES string of the molecule is CCn1cc(CNC(=O)[C@@H]2CC(c3cccc(Br)c3)=NO2)c(C)n1. The third-order valence-electron chi connectivity index (χ3n) is 3.94. The van der Waals surface area contributed by atoms with Crippen molar-refractivity contribution >= 4 is 27.5 Å². The summed E-state index contributed by atoms with van der Waals surface area (Å²) in [6.07, 6.45) is 1.84. The van der Waals surface area contributed by atoms with Crippen molar-refractivity contribution in [3.8, 4) is 0 Å². The lowest BCUT2D eigenvalue weighted by molar-refractivity contribution is -0.131. The molecule has 0 bridgehead atoms. The van der Waals surface area contributed by atoms with E-state index in [-0.39, 0.29) is 5.91 Å². The first-order valence-electron chi connectivity index (χ1n) is 7.86. The van der Waals surface area contributed by atoms with Gasteiger partial charge in [-0.1, -0.05) is 33.2 Å². The second kappa shape index (κ2) is 7.17. The molecular weight excluding hydrogens is 372 g/mol. The minimum atomic E-state index is -0.583. The predicted octanol–water partition coefficient (Wildman–Crippen LogP) is 2.78. The van der Waals surface area contributed by atoms with Gasteiger partial charge in [0.05, 0.1) is 11.4 Å². The first kappa shape index (κ1) is 16.7. The Labute approximate surface area is 149 Å². The number of benzene rings is 1. The zero-order chi connectivity index (χ0) is 17.1. The maximum atomic E-state index is 12.3.